The Balaban J connectivity index is 0.00000341. The zero-order valence-corrected chi connectivity index (χ0v) is 20.8. The number of ether oxygens (including phenoxy) is 1. The van der Waals surface area contributed by atoms with Gasteiger partial charge in [0.2, 0.25) is 0 Å². The number of hydrogen-bond acceptors (Lipinski definition) is 4. The number of furan rings is 1. The predicted octanol–water partition coefficient (Wildman–Crippen LogP) is 4.36. The fourth-order valence-electron chi connectivity index (χ4n) is 3.17. The second kappa shape index (κ2) is 13.2. The Hall–Kier alpha value is -2.33. The summed E-state index contributed by atoms with van der Waals surface area (Å²) in [6, 6.07) is 14.0. The molecule has 0 saturated heterocycles. The molecule has 0 bridgehead atoms. The van der Waals surface area contributed by atoms with Crippen LogP contribution < -0.4 is 10.6 Å². The average molecular weight is 537 g/mol. The summed E-state index contributed by atoms with van der Waals surface area (Å²) in [7, 11) is 0. The molecule has 3 aromatic rings. The maximum Gasteiger partial charge on any atom is 0.191 e. The van der Waals surface area contributed by atoms with Crippen molar-refractivity contribution in [3.8, 4) is 5.69 Å². The molecule has 2 heterocycles. The van der Waals surface area contributed by atoms with Crippen molar-refractivity contribution < 1.29 is 9.15 Å². The number of aromatic nitrogens is 2. The normalized spacial score (nSPS) is 11.3. The highest BCUT2D eigenvalue weighted by Crippen LogP contribution is 2.18. The first kappa shape index (κ1) is 24.9. The Kier molecular flexibility index (Phi) is 10.6. The molecule has 0 aliphatic rings. The third-order valence-electron chi connectivity index (χ3n) is 4.76. The van der Waals surface area contributed by atoms with E-state index in [4.69, 9.17) is 19.2 Å². The number of benzene rings is 1. The average Bonchev–Trinajstić information content (AvgIpc) is 3.37. The molecule has 0 aliphatic carbocycles. The second-order valence-corrected chi connectivity index (χ2v) is 7.00. The molecule has 0 saturated carbocycles. The van der Waals surface area contributed by atoms with Crippen molar-refractivity contribution in [1.29, 1.82) is 0 Å². The highest BCUT2D eigenvalue weighted by Gasteiger charge is 2.12. The quantitative estimate of drug-likeness (QED) is 0.174. The Morgan fingerprint density at radius 1 is 1.13 bits per heavy atom. The molecule has 31 heavy (non-hydrogen) atoms. The molecule has 8 heteroatoms. The van der Waals surface area contributed by atoms with Crippen molar-refractivity contribution in [2.45, 2.75) is 40.3 Å². The van der Waals surface area contributed by atoms with Gasteiger partial charge in [0.1, 0.15) is 12.4 Å². The minimum atomic E-state index is 0. The first-order chi connectivity index (χ1) is 14.7. The fourth-order valence-corrected chi connectivity index (χ4v) is 3.17. The minimum Gasteiger partial charge on any atom is -0.467 e. The lowest BCUT2D eigenvalue weighted by Crippen LogP contribution is -2.38. The number of nitrogens with one attached hydrogen (secondary N) is 2. The molecule has 0 spiro atoms. The number of hydrogen-bond donors (Lipinski definition) is 2. The van der Waals surface area contributed by atoms with Crippen molar-refractivity contribution in [3.63, 3.8) is 0 Å². The highest BCUT2D eigenvalue weighted by atomic mass is 127. The SMILES string of the molecule is CCNC(=NCc1c(C)nn(-c2ccccc2)c1C)NCCCOCc1ccco1.I. The van der Waals surface area contributed by atoms with Crippen molar-refractivity contribution in [2.75, 3.05) is 19.7 Å². The van der Waals surface area contributed by atoms with Crippen molar-refractivity contribution >= 4 is 29.9 Å². The van der Waals surface area contributed by atoms with Crippen LogP contribution in [0.15, 0.2) is 58.1 Å². The molecule has 3 rings (SSSR count). The van der Waals surface area contributed by atoms with Gasteiger partial charge in [0.15, 0.2) is 5.96 Å². The predicted molar refractivity (Wildman–Crippen MR) is 134 cm³/mol. The Morgan fingerprint density at radius 2 is 1.94 bits per heavy atom. The zero-order chi connectivity index (χ0) is 21.2. The maximum atomic E-state index is 5.62. The van der Waals surface area contributed by atoms with E-state index in [2.05, 4.69) is 36.6 Å². The summed E-state index contributed by atoms with van der Waals surface area (Å²) in [4.78, 5) is 4.76. The molecule has 1 aromatic carbocycles. The summed E-state index contributed by atoms with van der Waals surface area (Å²) < 4.78 is 12.9. The van der Waals surface area contributed by atoms with Crippen LogP contribution in [0.4, 0.5) is 0 Å². The number of guanidine groups is 1. The Bertz CT molecular complexity index is 923. The maximum absolute atomic E-state index is 5.62. The summed E-state index contributed by atoms with van der Waals surface area (Å²) in [5.41, 5.74) is 4.33. The lowest BCUT2D eigenvalue weighted by atomic mass is 10.2. The number of nitrogens with zero attached hydrogens (tertiary/aromatic N) is 3. The van der Waals surface area contributed by atoms with Crippen LogP contribution in [0.2, 0.25) is 0 Å². The van der Waals surface area contributed by atoms with Gasteiger partial charge in [-0.05, 0) is 51.5 Å². The molecule has 0 radical (unpaired) electrons. The summed E-state index contributed by atoms with van der Waals surface area (Å²) in [5.74, 6) is 1.65. The van der Waals surface area contributed by atoms with Crippen LogP contribution in [0.25, 0.3) is 5.69 Å². The van der Waals surface area contributed by atoms with Crippen LogP contribution in [-0.4, -0.2) is 35.4 Å². The van der Waals surface area contributed by atoms with Crippen LogP contribution in [0.3, 0.4) is 0 Å². The molecule has 0 amide bonds. The minimum absolute atomic E-state index is 0. The van der Waals surface area contributed by atoms with Gasteiger partial charge in [-0.1, -0.05) is 18.2 Å². The van der Waals surface area contributed by atoms with Gasteiger partial charge in [0.05, 0.1) is 24.2 Å². The standard InChI is InChI=1S/C23H31N5O2.HI/c1-4-24-23(25-13-9-14-29-17-21-12-8-15-30-21)26-16-22-18(2)27-28(19(22)3)20-10-6-5-7-11-20;/h5-8,10-12,15H,4,9,13-14,16-17H2,1-3H3,(H2,24,25,26);1H. The third kappa shape index (κ3) is 7.39. The first-order valence-electron chi connectivity index (χ1n) is 10.4. The molecule has 2 N–H and O–H groups in total. The Morgan fingerprint density at radius 3 is 2.65 bits per heavy atom. The topological polar surface area (TPSA) is 76.6 Å². The van der Waals surface area contributed by atoms with E-state index in [0.717, 1.165) is 53.9 Å². The summed E-state index contributed by atoms with van der Waals surface area (Å²) in [5, 5.41) is 11.4. The van der Waals surface area contributed by atoms with Crippen molar-refractivity contribution in [3.05, 3.63) is 71.4 Å². The number of aryl methyl sites for hydroxylation is 1. The van der Waals surface area contributed by atoms with Gasteiger partial charge in [0.25, 0.3) is 0 Å². The molecule has 0 atom stereocenters. The zero-order valence-electron chi connectivity index (χ0n) is 18.4. The highest BCUT2D eigenvalue weighted by molar-refractivity contribution is 14.0. The summed E-state index contributed by atoms with van der Waals surface area (Å²) in [6.45, 7) is 9.53. The summed E-state index contributed by atoms with van der Waals surface area (Å²) in [6.07, 6.45) is 2.54. The smallest absolute Gasteiger partial charge is 0.191 e. The lowest BCUT2D eigenvalue weighted by molar-refractivity contribution is 0.105. The molecule has 0 unspecified atom stereocenters. The molecule has 2 aromatic heterocycles. The van der Waals surface area contributed by atoms with Gasteiger partial charge in [-0.25, -0.2) is 9.67 Å². The van der Waals surface area contributed by atoms with Crippen LogP contribution in [0.5, 0.6) is 0 Å². The monoisotopic (exact) mass is 537 g/mol. The molecular formula is C23H32IN5O2. The number of aliphatic imine (C=N–C) groups is 1. The van der Waals surface area contributed by atoms with Gasteiger partial charge in [-0.2, -0.15) is 5.10 Å². The van der Waals surface area contributed by atoms with Crippen LogP contribution >= 0.6 is 24.0 Å². The van der Waals surface area contributed by atoms with Gasteiger partial charge in [0, 0.05) is 31.0 Å². The van der Waals surface area contributed by atoms with E-state index in [1.165, 1.54) is 0 Å². The Labute approximate surface area is 201 Å². The van der Waals surface area contributed by atoms with Crippen molar-refractivity contribution in [1.82, 2.24) is 20.4 Å². The number of halogens is 1. The van der Waals surface area contributed by atoms with E-state index in [1.54, 1.807) is 6.26 Å². The van der Waals surface area contributed by atoms with Gasteiger partial charge >= 0.3 is 0 Å². The third-order valence-corrected chi connectivity index (χ3v) is 4.76. The van der Waals surface area contributed by atoms with Crippen LogP contribution in [-0.2, 0) is 17.9 Å². The molecule has 0 fully saturated rings. The van der Waals surface area contributed by atoms with Gasteiger partial charge in [-0.15, -0.1) is 24.0 Å². The lowest BCUT2D eigenvalue weighted by Gasteiger charge is -2.11. The molecular weight excluding hydrogens is 505 g/mol. The van der Waals surface area contributed by atoms with Gasteiger partial charge in [-0.3, -0.25) is 0 Å². The number of para-hydroxylation sites is 1. The van der Waals surface area contributed by atoms with E-state index in [9.17, 15) is 0 Å². The second-order valence-electron chi connectivity index (χ2n) is 7.00. The molecule has 7 nitrogen and oxygen atoms in total. The van der Waals surface area contributed by atoms with Crippen molar-refractivity contribution in [2.24, 2.45) is 4.99 Å². The number of rotatable bonds is 10. The summed E-state index contributed by atoms with van der Waals surface area (Å²) >= 11 is 0. The van der Waals surface area contributed by atoms with Crippen LogP contribution in [0.1, 0.15) is 36.1 Å². The van der Waals surface area contributed by atoms with Gasteiger partial charge < -0.3 is 19.8 Å². The molecule has 0 aliphatic heterocycles. The van der Waals surface area contributed by atoms with E-state index in [-0.39, 0.29) is 24.0 Å². The van der Waals surface area contributed by atoms with E-state index < -0.39 is 0 Å². The van der Waals surface area contributed by atoms with E-state index in [1.807, 2.05) is 41.9 Å². The fraction of sp³-hybridized carbons (Fsp3) is 0.391. The largest absolute Gasteiger partial charge is 0.467 e. The van der Waals surface area contributed by atoms with E-state index in [0.29, 0.717) is 19.8 Å². The first-order valence-corrected chi connectivity index (χ1v) is 10.4. The van der Waals surface area contributed by atoms with E-state index >= 15 is 0 Å². The van der Waals surface area contributed by atoms with Crippen LogP contribution in [0, 0.1) is 13.8 Å². The molecule has 168 valence electrons.